The maximum atomic E-state index is 12.6. The van der Waals surface area contributed by atoms with Crippen molar-refractivity contribution >= 4 is 5.91 Å². The van der Waals surface area contributed by atoms with Crippen LogP contribution in [-0.4, -0.2) is 49.2 Å². The highest BCUT2D eigenvalue weighted by Gasteiger charge is 2.36. The molecule has 4 nitrogen and oxygen atoms in total. The van der Waals surface area contributed by atoms with E-state index in [1.807, 2.05) is 0 Å². The number of hydrogen-bond donors (Lipinski definition) is 1. The van der Waals surface area contributed by atoms with Crippen molar-refractivity contribution in [3.05, 3.63) is 0 Å². The summed E-state index contributed by atoms with van der Waals surface area (Å²) in [7, 11) is 0. The number of hydrogen-bond acceptors (Lipinski definition) is 3. The van der Waals surface area contributed by atoms with Gasteiger partial charge in [-0.25, -0.2) is 0 Å². The zero-order valence-electron chi connectivity index (χ0n) is 11.8. The average Bonchev–Trinajstić information content (AvgIpc) is 2.47. The number of carbonyl (C=O) groups is 1. The van der Waals surface area contributed by atoms with Crippen LogP contribution in [0.25, 0.3) is 0 Å². The Balaban J connectivity index is 1.58. The van der Waals surface area contributed by atoms with E-state index in [0.717, 1.165) is 25.6 Å². The highest BCUT2D eigenvalue weighted by molar-refractivity contribution is 5.77. The Morgan fingerprint density at radius 2 is 2.05 bits per heavy atom. The summed E-state index contributed by atoms with van der Waals surface area (Å²) < 4.78 is 5.44. The summed E-state index contributed by atoms with van der Waals surface area (Å²) in [6, 6.07) is 0.768. The van der Waals surface area contributed by atoms with Crippen LogP contribution >= 0.6 is 0 Å². The minimum absolute atomic E-state index is 0.227. The molecule has 1 N–H and O–H groups in total. The first kappa shape index (κ1) is 13.4. The first-order valence-corrected chi connectivity index (χ1v) is 7.95. The third kappa shape index (κ3) is 3.11. The van der Waals surface area contributed by atoms with Gasteiger partial charge < -0.3 is 15.0 Å². The molecular formula is C15H26N2O2. The van der Waals surface area contributed by atoms with E-state index in [0.29, 0.717) is 25.0 Å². The summed E-state index contributed by atoms with van der Waals surface area (Å²) in [6.45, 7) is 3.32. The Morgan fingerprint density at radius 1 is 1.21 bits per heavy atom. The molecule has 0 bridgehead atoms. The number of rotatable bonds is 2. The van der Waals surface area contributed by atoms with E-state index in [4.69, 9.17) is 4.74 Å². The van der Waals surface area contributed by atoms with Crippen LogP contribution in [0.5, 0.6) is 0 Å². The second-order valence-electron chi connectivity index (χ2n) is 6.27. The van der Waals surface area contributed by atoms with Gasteiger partial charge in [0.15, 0.2) is 0 Å². The number of piperidine rings is 1. The lowest BCUT2D eigenvalue weighted by atomic mass is 9.78. The molecule has 1 unspecified atom stereocenters. The van der Waals surface area contributed by atoms with E-state index in [1.54, 1.807) is 0 Å². The number of fused-ring (bicyclic) bond motifs is 1. The molecule has 2 heterocycles. The lowest BCUT2D eigenvalue weighted by Gasteiger charge is -2.44. The molecule has 0 radical (unpaired) electrons. The largest absolute Gasteiger partial charge is 0.378 e. The molecule has 4 heteroatoms. The molecule has 108 valence electrons. The fourth-order valence-corrected chi connectivity index (χ4v) is 4.01. The van der Waals surface area contributed by atoms with E-state index >= 15 is 0 Å². The van der Waals surface area contributed by atoms with Crippen LogP contribution in [0, 0.1) is 5.92 Å². The van der Waals surface area contributed by atoms with Crippen molar-refractivity contribution in [3.8, 4) is 0 Å². The molecule has 3 atom stereocenters. The van der Waals surface area contributed by atoms with Crippen molar-refractivity contribution < 1.29 is 9.53 Å². The summed E-state index contributed by atoms with van der Waals surface area (Å²) in [5.41, 5.74) is 0. The average molecular weight is 266 g/mol. The molecule has 3 rings (SSSR count). The Morgan fingerprint density at radius 3 is 2.89 bits per heavy atom. The summed E-state index contributed by atoms with van der Waals surface area (Å²) in [5, 5.41) is 3.39. The number of nitrogens with zero attached hydrogens (tertiary/aromatic N) is 1. The van der Waals surface area contributed by atoms with Gasteiger partial charge in [0.2, 0.25) is 5.91 Å². The number of likely N-dealkylation sites (tertiary alicyclic amines) is 1. The van der Waals surface area contributed by atoms with Gasteiger partial charge in [0.25, 0.3) is 0 Å². The van der Waals surface area contributed by atoms with E-state index in [1.165, 1.54) is 38.5 Å². The molecule has 3 aliphatic rings. The van der Waals surface area contributed by atoms with Gasteiger partial charge in [0.1, 0.15) is 0 Å². The van der Waals surface area contributed by atoms with Gasteiger partial charge in [0.05, 0.1) is 13.2 Å². The standard InChI is InChI=1S/C15H26N2O2/c18-15(10-13-11-19-9-7-16-13)17-8-3-5-12-4-1-2-6-14(12)17/h12-14,16H,1-11H2/t12-,13?,14-/m1/s1. The van der Waals surface area contributed by atoms with E-state index in [2.05, 4.69) is 10.2 Å². The molecular weight excluding hydrogens is 240 g/mol. The zero-order chi connectivity index (χ0) is 13.1. The number of amides is 1. The first-order valence-electron chi connectivity index (χ1n) is 7.95. The molecule has 1 amide bonds. The van der Waals surface area contributed by atoms with Gasteiger partial charge in [-0.15, -0.1) is 0 Å². The van der Waals surface area contributed by atoms with Crippen molar-refractivity contribution in [1.82, 2.24) is 10.2 Å². The molecule has 3 fully saturated rings. The second-order valence-corrected chi connectivity index (χ2v) is 6.27. The summed E-state index contributed by atoms with van der Waals surface area (Å²) in [6.07, 6.45) is 8.37. The van der Waals surface area contributed by atoms with Crippen molar-refractivity contribution in [2.45, 2.75) is 57.0 Å². The topological polar surface area (TPSA) is 41.6 Å². The van der Waals surface area contributed by atoms with Gasteiger partial charge in [-0.2, -0.15) is 0 Å². The van der Waals surface area contributed by atoms with Gasteiger partial charge in [-0.3, -0.25) is 4.79 Å². The maximum Gasteiger partial charge on any atom is 0.224 e. The lowest BCUT2D eigenvalue weighted by Crippen LogP contribution is -2.52. The molecule has 1 aliphatic carbocycles. The van der Waals surface area contributed by atoms with Crippen LogP contribution in [-0.2, 0) is 9.53 Å². The third-order valence-electron chi connectivity index (χ3n) is 4.98. The van der Waals surface area contributed by atoms with Crippen LogP contribution < -0.4 is 5.32 Å². The quantitative estimate of drug-likeness (QED) is 0.824. The molecule has 19 heavy (non-hydrogen) atoms. The van der Waals surface area contributed by atoms with Crippen LogP contribution in [0.4, 0.5) is 0 Å². The Bertz CT molecular complexity index is 313. The third-order valence-corrected chi connectivity index (χ3v) is 4.98. The van der Waals surface area contributed by atoms with Gasteiger partial charge in [0, 0.05) is 31.6 Å². The fraction of sp³-hybridized carbons (Fsp3) is 0.933. The maximum absolute atomic E-state index is 12.6. The molecule has 0 aromatic carbocycles. The smallest absolute Gasteiger partial charge is 0.224 e. The fourth-order valence-electron chi connectivity index (χ4n) is 4.01. The second kappa shape index (κ2) is 6.23. The molecule has 0 spiro atoms. The first-order chi connectivity index (χ1) is 9.34. The molecule has 1 saturated carbocycles. The van der Waals surface area contributed by atoms with Crippen LogP contribution in [0.15, 0.2) is 0 Å². The van der Waals surface area contributed by atoms with Crippen molar-refractivity contribution in [3.63, 3.8) is 0 Å². The zero-order valence-corrected chi connectivity index (χ0v) is 11.8. The summed E-state index contributed by atoms with van der Waals surface area (Å²) in [4.78, 5) is 14.7. The number of ether oxygens (including phenoxy) is 1. The Kier molecular flexibility index (Phi) is 4.38. The molecule has 2 saturated heterocycles. The minimum Gasteiger partial charge on any atom is -0.378 e. The normalized spacial score (nSPS) is 35.8. The molecule has 2 aliphatic heterocycles. The van der Waals surface area contributed by atoms with Gasteiger partial charge in [-0.05, 0) is 31.6 Å². The van der Waals surface area contributed by atoms with Crippen molar-refractivity contribution in [2.75, 3.05) is 26.3 Å². The molecule has 0 aromatic rings. The van der Waals surface area contributed by atoms with Crippen LogP contribution in [0.2, 0.25) is 0 Å². The number of carbonyl (C=O) groups excluding carboxylic acids is 1. The van der Waals surface area contributed by atoms with E-state index < -0.39 is 0 Å². The lowest BCUT2D eigenvalue weighted by molar-refractivity contribution is -0.138. The number of nitrogens with one attached hydrogen (secondary N) is 1. The highest BCUT2D eigenvalue weighted by Crippen LogP contribution is 2.35. The van der Waals surface area contributed by atoms with Crippen molar-refractivity contribution in [2.24, 2.45) is 5.92 Å². The van der Waals surface area contributed by atoms with E-state index in [9.17, 15) is 4.79 Å². The highest BCUT2D eigenvalue weighted by atomic mass is 16.5. The van der Waals surface area contributed by atoms with Crippen LogP contribution in [0.3, 0.4) is 0 Å². The Hall–Kier alpha value is -0.610. The van der Waals surface area contributed by atoms with E-state index in [-0.39, 0.29) is 6.04 Å². The Labute approximate surface area is 115 Å². The van der Waals surface area contributed by atoms with Gasteiger partial charge >= 0.3 is 0 Å². The summed E-state index contributed by atoms with van der Waals surface area (Å²) in [5.74, 6) is 1.13. The molecule has 0 aromatic heterocycles. The predicted octanol–water partition coefficient (Wildman–Crippen LogP) is 1.55. The predicted molar refractivity (Wildman–Crippen MR) is 73.9 cm³/mol. The van der Waals surface area contributed by atoms with Gasteiger partial charge in [-0.1, -0.05) is 12.8 Å². The minimum atomic E-state index is 0.227. The monoisotopic (exact) mass is 266 g/mol. The van der Waals surface area contributed by atoms with Crippen LogP contribution in [0.1, 0.15) is 44.9 Å². The van der Waals surface area contributed by atoms with Crippen molar-refractivity contribution in [1.29, 1.82) is 0 Å². The SMILES string of the molecule is O=C(CC1COCCN1)N1CCC[C@H]2CCCC[C@H]21. The number of morpholine rings is 1. The summed E-state index contributed by atoms with van der Waals surface area (Å²) >= 11 is 0.